The maximum Gasteiger partial charge on any atom is 0.159 e. The Balaban J connectivity index is 0.975. The smallest absolute Gasteiger partial charge is 0.159 e. The molecule has 0 saturated carbocycles. The fourth-order valence-corrected chi connectivity index (χ4v) is 9.42. The van der Waals surface area contributed by atoms with Gasteiger partial charge in [-0.1, -0.05) is 121 Å². The van der Waals surface area contributed by atoms with Gasteiger partial charge in [-0.15, -0.1) is 0 Å². The normalized spacial score (nSPS) is 13.1. The second-order valence-electron chi connectivity index (χ2n) is 14.7. The van der Waals surface area contributed by atoms with E-state index >= 15 is 0 Å². The Morgan fingerprint density at radius 3 is 2.09 bits per heavy atom. The molecule has 258 valence electrons. The van der Waals surface area contributed by atoms with E-state index in [4.69, 9.17) is 4.42 Å². The van der Waals surface area contributed by atoms with E-state index in [-0.39, 0.29) is 0 Å². The van der Waals surface area contributed by atoms with Crippen LogP contribution in [0.1, 0.15) is 23.1 Å². The quantitative estimate of drug-likeness (QED) is 0.178. The van der Waals surface area contributed by atoms with Crippen molar-refractivity contribution < 1.29 is 4.42 Å². The van der Waals surface area contributed by atoms with Crippen molar-refractivity contribution in [2.45, 2.75) is 12.8 Å². The van der Waals surface area contributed by atoms with Gasteiger partial charge in [0.1, 0.15) is 5.58 Å². The number of anilines is 3. The Bertz CT molecular complexity index is 3200. The SMILES string of the molecule is C1=C2c3ccccc3-c3ccc(N(c4ccccc4)c4ccc(-c5ccc6c(c5)c5ccccc5n6-c5cccc6c5oc5ccccc56)cc4)c(c32)CC1. The molecule has 0 atom stereocenters. The average molecular weight is 703 g/mol. The first-order valence-corrected chi connectivity index (χ1v) is 19.2. The molecule has 2 aromatic heterocycles. The van der Waals surface area contributed by atoms with Gasteiger partial charge in [-0.2, -0.15) is 0 Å². The van der Waals surface area contributed by atoms with Gasteiger partial charge in [-0.05, 0) is 118 Å². The summed E-state index contributed by atoms with van der Waals surface area (Å²) in [5, 5.41) is 4.71. The molecule has 0 amide bonds. The molecule has 0 unspecified atom stereocenters. The van der Waals surface area contributed by atoms with Crippen molar-refractivity contribution in [3.05, 3.63) is 199 Å². The standard InChI is InChI=1S/C52H34N2O/c1-2-12-35(13-3-1)53(47-31-29-42-38-15-5-4-14-37(38)41-18-10-20-44(47)51(41)42)36-27-24-33(25-28-36)34-26-30-48-45(32-34)39-16-6-8-21-46(39)54(48)49-22-11-19-43-40-17-7-9-23-50(40)55-52(43)49/h1-9,11-19,21-32H,10,20H2. The average Bonchev–Trinajstić information content (AvgIpc) is 3.91. The van der Waals surface area contributed by atoms with Crippen LogP contribution in [0.25, 0.3) is 77.3 Å². The largest absolute Gasteiger partial charge is 0.454 e. The van der Waals surface area contributed by atoms with Crippen LogP contribution in [0.3, 0.4) is 0 Å². The topological polar surface area (TPSA) is 21.3 Å². The Morgan fingerprint density at radius 2 is 1.20 bits per heavy atom. The molecule has 0 aliphatic heterocycles. The number of furan rings is 1. The first-order chi connectivity index (χ1) is 27.3. The number of hydrogen-bond acceptors (Lipinski definition) is 2. The van der Waals surface area contributed by atoms with Crippen LogP contribution in [-0.2, 0) is 6.42 Å². The third kappa shape index (κ3) is 4.44. The van der Waals surface area contributed by atoms with Crippen molar-refractivity contribution in [2.75, 3.05) is 4.90 Å². The third-order valence-electron chi connectivity index (χ3n) is 11.8. The van der Waals surface area contributed by atoms with Gasteiger partial charge in [0, 0.05) is 38.6 Å². The maximum atomic E-state index is 6.52. The Kier molecular flexibility index (Phi) is 6.46. The summed E-state index contributed by atoms with van der Waals surface area (Å²) in [5.74, 6) is 0. The summed E-state index contributed by atoms with van der Waals surface area (Å²) in [6.07, 6.45) is 4.51. The van der Waals surface area contributed by atoms with Gasteiger partial charge in [-0.25, -0.2) is 0 Å². The van der Waals surface area contributed by atoms with Crippen LogP contribution >= 0.6 is 0 Å². The van der Waals surface area contributed by atoms with E-state index < -0.39 is 0 Å². The van der Waals surface area contributed by atoms with Crippen molar-refractivity contribution in [1.29, 1.82) is 0 Å². The number of hydrogen-bond donors (Lipinski definition) is 0. The highest BCUT2D eigenvalue weighted by Crippen LogP contribution is 2.52. The van der Waals surface area contributed by atoms with Gasteiger partial charge in [0.15, 0.2) is 5.58 Å². The molecule has 0 bridgehead atoms. The molecular weight excluding hydrogens is 669 g/mol. The Hall–Kier alpha value is -7.10. The molecule has 2 aliphatic carbocycles. The van der Waals surface area contributed by atoms with E-state index in [1.54, 1.807) is 0 Å². The van der Waals surface area contributed by atoms with Gasteiger partial charge in [-0.3, -0.25) is 0 Å². The minimum absolute atomic E-state index is 0.906. The fourth-order valence-electron chi connectivity index (χ4n) is 9.42. The number of fused-ring (bicyclic) bond motifs is 9. The van der Waals surface area contributed by atoms with Crippen LogP contribution in [0.2, 0.25) is 0 Å². The number of aromatic nitrogens is 1. The van der Waals surface area contributed by atoms with Crippen molar-refractivity contribution in [2.24, 2.45) is 0 Å². The molecule has 3 heteroatoms. The maximum absolute atomic E-state index is 6.52. The van der Waals surface area contributed by atoms with E-state index in [2.05, 4.69) is 185 Å². The zero-order chi connectivity index (χ0) is 36.0. The van der Waals surface area contributed by atoms with Crippen LogP contribution in [0.4, 0.5) is 17.1 Å². The van der Waals surface area contributed by atoms with E-state index in [1.165, 1.54) is 61.0 Å². The lowest BCUT2D eigenvalue weighted by atomic mass is 9.88. The van der Waals surface area contributed by atoms with Crippen LogP contribution in [0, 0.1) is 0 Å². The summed E-state index contributed by atoms with van der Waals surface area (Å²) in [7, 11) is 0. The molecule has 12 rings (SSSR count). The van der Waals surface area contributed by atoms with Crippen LogP contribution < -0.4 is 4.90 Å². The van der Waals surface area contributed by atoms with E-state index in [0.29, 0.717) is 0 Å². The molecule has 0 saturated heterocycles. The molecule has 0 N–H and O–H groups in total. The lowest BCUT2D eigenvalue weighted by Crippen LogP contribution is -2.14. The highest BCUT2D eigenvalue weighted by molar-refractivity contribution is 6.13. The summed E-state index contributed by atoms with van der Waals surface area (Å²) in [4.78, 5) is 2.45. The fraction of sp³-hybridized carbons (Fsp3) is 0.0385. The summed E-state index contributed by atoms with van der Waals surface area (Å²) >= 11 is 0. The summed E-state index contributed by atoms with van der Waals surface area (Å²) in [6, 6.07) is 63.9. The summed E-state index contributed by atoms with van der Waals surface area (Å²) < 4.78 is 8.89. The Morgan fingerprint density at radius 1 is 0.491 bits per heavy atom. The first kappa shape index (κ1) is 30.4. The minimum Gasteiger partial charge on any atom is -0.454 e. The number of allylic oxidation sites excluding steroid dienone is 1. The third-order valence-corrected chi connectivity index (χ3v) is 11.8. The van der Waals surface area contributed by atoms with Crippen LogP contribution in [-0.4, -0.2) is 4.57 Å². The number of rotatable bonds is 5. The predicted octanol–water partition coefficient (Wildman–Crippen LogP) is 14.2. The minimum atomic E-state index is 0.906. The summed E-state index contributed by atoms with van der Waals surface area (Å²) in [6.45, 7) is 0. The van der Waals surface area contributed by atoms with E-state index in [0.717, 1.165) is 62.9 Å². The molecule has 0 radical (unpaired) electrons. The first-order valence-electron chi connectivity index (χ1n) is 19.2. The lowest BCUT2D eigenvalue weighted by molar-refractivity contribution is 0.666. The zero-order valence-corrected chi connectivity index (χ0v) is 30.0. The second-order valence-corrected chi connectivity index (χ2v) is 14.7. The predicted molar refractivity (Wildman–Crippen MR) is 229 cm³/mol. The Labute approximate surface area is 318 Å². The number of para-hydroxylation sites is 4. The molecule has 0 fully saturated rings. The molecule has 3 nitrogen and oxygen atoms in total. The second kappa shape index (κ2) is 11.7. The van der Waals surface area contributed by atoms with Crippen molar-refractivity contribution in [3.8, 4) is 27.9 Å². The van der Waals surface area contributed by atoms with E-state index in [9.17, 15) is 0 Å². The van der Waals surface area contributed by atoms with Gasteiger partial charge in [0.25, 0.3) is 0 Å². The highest BCUT2D eigenvalue weighted by Gasteiger charge is 2.31. The molecule has 2 heterocycles. The molecule has 55 heavy (non-hydrogen) atoms. The summed E-state index contributed by atoms with van der Waals surface area (Å²) in [5.41, 5.74) is 19.4. The highest BCUT2D eigenvalue weighted by atomic mass is 16.3. The van der Waals surface area contributed by atoms with Crippen molar-refractivity contribution in [1.82, 2.24) is 4.57 Å². The van der Waals surface area contributed by atoms with Gasteiger partial charge < -0.3 is 13.9 Å². The molecule has 0 spiro atoms. The van der Waals surface area contributed by atoms with Crippen molar-refractivity contribution >= 4 is 66.4 Å². The molecule has 2 aliphatic rings. The lowest BCUT2D eigenvalue weighted by Gasteiger charge is -2.30. The molecule has 8 aromatic carbocycles. The zero-order valence-electron chi connectivity index (χ0n) is 30.0. The van der Waals surface area contributed by atoms with Gasteiger partial charge in [0.05, 0.1) is 16.7 Å². The van der Waals surface area contributed by atoms with Gasteiger partial charge in [0.2, 0.25) is 0 Å². The number of benzene rings is 8. The van der Waals surface area contributed by atoms with Crippen LogP contribution in [0.15, 0.2) is 186 Å². The number of nitrogens with zero attached hydrogens (tertiary/aromatic N) is 2. The van der Waals surface area contributed by atoms with Crippen LogP contribution in [0.5, 0.6) is 0 Å². The van der Waals surface area contributed by atoms with Crippen molar-refractivity contribution in [3.63, 3.8) is 0 Å². The van der Waals surface area contributed by atoms with Gasteiger partial charge >= 0.3 is 0 Å². The monoisotopic (exact) mass is 702 g/mol. The van der Waals surface area contributed by atoms with E-state index in [1.807, 2.05) is 6.07 Å². The molecule has 10 aromatic rings. The molecular formula is C52H34N2O.